The second-order valence-electron chi connectivity index (χ2n) is 6.88. The van der Waals surface area contributed by atoms with Crippen LogP contribution in [-0.2, 0) is 11.3 Å². The van der Waals surface area contributed by atoms with Crippen LogP contribution in [0.3, 0.4) is 0 Å². The highest BCUT2D eigenvalue weighted by Crippen LogP contribution is 2.39. The van der Waals surface area contributed by atoms with Crippen molar-refractivity contribution < 1.29 is 9.47 Å². The minimum absolute atomic E-state index is 0.0301. The molecule has 7 nitrogen and oxygen atoms in total. The Hall–Kier alpha value is -1.85. The standard InChI is InChI=1S/C21H24IN5O2S/c1-23-19-17(15-12-24-27(18(15)22)16-10-6-7-11-28-16)20(26-21(25-19)30-2)29-13-14-8-4-3-5-9-14/h3-5,8-9,12,16H,6-7,10-11,13H2,1-2H3,(H,23,25,26). The van der Waals surface area contributed by atoms with Crippen LogP contribution in [0.1, 0.15) is 31.1 Å². The van der Waals surface area contributed by atoms with E-state index in [1.807, 2.05) is 54.5 Å². The van der Waals surface area contributed by atoms with Gasteiger partial charge in [-0.3, -0.25) is 0 Å². The van der Waals surface area contributed by atoms with Crippen LogP contribution in [0.25, 0.3) is 11.1 Å². The average molecular weight is 537 g/mol. The predicted octanol–water partition coefficient (Wildman–Crippen LogP) is 4.99. The first-order valence-corrected chi connectivity index (χ1v) is 12.2. The van der Waals surface area contributed by atoms with Crippen LogP contribution in [0.15, 0.2) is 41.7 Å². The van der Waals surface area contributed by atoms with Crippen LogP contribution >= 0.6 is 34.4 Å². The normalized spacial score (nSPS) is 16.4. The van der Waals surface area contributed by atoms with Gasteiger partial charge in [-0.2, -0.15) is 10.1 Å². The molecule has 0 radical (unpaired) electrons. The Morgan fingerprint density at radius 1 is 1.27 bits per heavy atom. The number of hydrogen-bond acceptors (Lipinski definition) is 7. The van der Waals surface area contributed by atoms with Gasteiger partial charge in [0.2, 0.25) is 5.88 Å². The molecule has 1 N–H and O–H groups in total. The summed E-state index contributed by atoms with van der Waals surface area (Å²) in [5.74, 6) is 1.27. The van der Waals surface area contributed by atoms with Crippen LogP contribution in [0, 0.1) is 3.70 Å². The molecule has 0 spiro atoms. The number of rotatable bonds is 7. The second kappa shape index (κ2) is 9.97. The molecule has 0 bridgehead atoms. The number of aromatic nitrogens is 4. The maximum Gasteiger partial charge on any atom is 0.228 e. The largest absolute Gasteiger partial charge is 0.472 e. The number of thioether (sulfide) groups is 1. The van der Waals surface area contributed by atoms with Crippen molar-refractivity contribution in [1.29, 1.82) is 0 Å². The monoisotopic (exact) mass is 537 g/mol. The number of halogens is 1. The number of nitrogens with zero attached hydrogens (tertiary/aromatic N) is 4. The molecule has 30 heavy (non-hydrogen) atoms. The lowest BCUT2D eigenvalue weighted by atomic mass is 10.1. The quantitative estimate of drug-likeness (QED) is 0.259. The highest BCUT2D eigenvalue weighted by Gasteiger charge is 2.25. The second-order valence-corrected chi connectivity index (χ2v) is 8.67. The first kappa shape index (κ1) is 21.4. The fraction of sp³-hybridized carbons (Fsp3) is 0.381. The van der Waals surface area contributed by atoms with Gasteiger partial charge < -0.3 is 14.8 Å². The van der Waals surface area contributed by atoms with Crippen molar-refractivity contribution in [2.45, 2.75) is 37.3 Å². The third-order valence-electron chi connectivity index (χ3n) is 4.93. The first-order valence-electron chi connectivity index (χ1n) is 9.86. The van der Waals surface area contributed by atoms with Gasteiger partial charge in [0.15, 0.2) is 11.4 Å². The summed E-state index contributed by atoms with van der Waals surface area (Å²) in [6, 6.07) is 10.1. The topological polar surface area (TPSA) is 74.1 Å². The molecular formula is C21H24IN5O2S. The maximum absolute atomic E-state index is 6.20. The van der Waals surface area contributed by atoms with Crippen molar-refractivity contribution in [3.63, 3.8) is 0 Å². The summed E-state index contributed by atoms with van der Waals surface area (Å²) in [4.78, 5) is 9.33. The fourth-order valence-electron chi connectivity index (χ4n) is 3.40. The third-order valence-corrected chi connectivity index (χ3v) is 6.55. The van der Waals surface area contributed by atoms with Gasteiger partial charge in [0.05, 0.1) is 11.8 Å². The van der Waals surface area contributed by atoms with Crippen LogP contribution in [-0.4, -0.2) is 39.7 Å². The molecule has 1 unspecified atom stereocenters. The molecule has 1 fully saturated rings. The molecule has 9 heteroatoms. The lowest BCUT2D eigenvalue weighted by Crippen LogP contribution is -2.20. The van der Waals surface area contributed by atoms with E-state index in [-0.39, 0.29) is 6.23 Å². The Bertz CT molecular complexity index is 993. The predicted molar refractivity (Wildman–Crippen MR) is 127 cm³/mol. The van der Waals surface area contributed by atoms with Crippen LogP contribution in [0.5, 0.6) is 5.88 Å². The van der Waals surface area contributed by atoms with E-state index in [0.717, 1.165) is 52.1 Å². The van der Waals surface area contributed by atoms with E-state index in [0.29, 0.717) is 17.6 Å². The number of nitrogens with one attached hydrogen (secondary N) is 1. The van der Waals surface area contributed by atoms with Crippen molar-refractivity contribution in [2.24, 2.45) is 0 Å². The molecule has 2 aromatic heterocycles. The lowest BCUT2D eigenvalue weighted by Gasteiger charge is -2.23. The summed E-state index contributed by atoms with van der Waals surface area (Å²) in [5, 5.41) is 8.50. The van der Waals surface area contributed by atoms with Crippen molar-refractivity contribution in [1.82, 2.24) is 19.7 Å². The van der Waals surface area contributed by atoms with E-state index in [9.17, 15) is 0 Å². The SMILES string of the molecule is CNc1nc(SC)nc(OCc2ccccc2)c1-c1cnn(C2CCCCO2)c1I. The molecule has 1 atom stereocenters. The Balaban J connectivity index is 1.73. The molecule has 1 aromatic carbocycles. The Morgan fingerprint density at radius 3 is 2.80 bits per heavy atom. The molecule has 0 saturated carbocycles. The third kappa shape index (κ3) is 4.57. The van der Waals surface area contributed by atoms with Gasteiger partial charge >= 0.3 is 0 Å². The van der Waals surface area contributed by atoms with Crippen LogP contribution < -0.4 is 10.1 Å². The van der Waals surface area contributed by atoms with E-state index < -0.39 is 0 Å². The van der Waals surface area contributed by atoms with Crippen molar-refractivity contribution >= 4 is 40.2 Å². The maximum atomic E-state index is 6.20. The molecule has 158 valence electrons. The summed E-state index contributed by atoms with van der Waals surface area (Å²) >= 11 is 3.81. The fourth-order valence-corrected chi connectivity index (χ4v) is 4.60. The summed E-state index contributed by atoms with van der Waals surface area (Å²) in [5.41, 5.74) is 2.84. The Labute approximate surface area is 194 Å². The zero-order valence-electron chi connectivity index (χ0n) is 17.0. The molecule has 4 rings (SSSR count). The summed E-state index contributed by atoms with van der Waals surface area (Å²) in [6.45, 7) is 1.20. The highest BCUT2D eigenvalue weighted by atomic mass is 127. The summed E-state index contributed by atoms with van der Waals surface area (Å²) < 4.78 is 15.1. The molecular weight excluding hydrogens is 513 g/mol. The van der Waals surface area contributed by atoms with Crippen molar-refractivity contribution in [2.75, 3.05) is 25.2 Å². The smallest absolute Gasteiger partial charge is 0.228 e. The van der Waals surface area contributed by atoms with Crippen LogP contribution in [0.4, 0.5) is 5.82 Å². The number of hydrogen-bond donors (Lipinski definition) is 1. The van der Waals surface area contributed by atoms with Crippen molar-refractivity contribution in [3.05, 3.63) is 45.8 Å². The van der Waals surface area contributed by atoms with Gasteiger partial charge in [-0.15, -0.1) is 0 Å². The molecule has 3 heterocycles. The lowest BCUT2D eigenvalue weighted by molar-refractivity contribution is -0.0410. The Morgan fingerprint density at radius 2 is 2.10 bits per heavy atom. The number of anilines is 1. The molecule has 1 aliphatic rings. The van der Waals surface area contributed by atoms with E-state index in [1.165, 1.54) is 11.8 Å². The van der Waals surface area contributed by atoms with E-state index >= 15 is 0 Å². The molecule has 0 aliphatic carbocycles. The van der Waals surface area contributed by atoms with Gasteiger partial charge in [-0.25, -0.2) is 9.67 Å². The minimum atomic E-state index is -0.0301. The van der Waals surface area contributed by atoms with E-state index in [4.69, 9.17) is 9.47 Å². The van der Waals surface area contributed by atoms with E-state index in [1.54, 1.807) is 0 Å². The van der Waals surface area contributed by atoms with Gasteiger partial charge in [-0.05, 0) is 53.7 Å². The van der Waals surface area contributed by atoms with Gasteiger partial charge in [-0.1, -0.05) is 42.1 Å². The molecule has 0 amide bonds. The summed E-state index contributed by atoms with van der Waals surface area (Å²) in [7, 11) is 1.86. The van der Waals surface area contributed by atoms with Gasteiger partial charge in [0, 0.05) is 19.2 Å². The molecule has 3 aromatic rings. The molecule has 1 saturated heterocycles. The first-order chi connectivity index (χ1) is 14.7. The zero-order chi connectivity index (χ0) is 20.9. The molecule has 1 aliphatic heterocycles. The highest BCUT2D eigenvalue weighted by molar-refractivity contribution is 14.1. The van der Waals surface area contributed by atoms with Gasteiger partial charge in [0.1, 0.15) is 16.1 Å². The van der Waals surface area contributed by atoms with E-state index in [2.05, 4.69) is 43.0 Å². The average Bonchev–Trinajstić information content (AvgIpc) is 3.19. The van der Waals surface area contributed by atoms with Crippen LogP contribution in [0.2, 0.25) is 0 Å². The van der Waals surface area contributed by atoms with Gasteiger partial charge in [0.25, 0.3) is 0 Å². The summed E-state index contributed by atoms with van der Waals surface area (Å²) in [6.07, 6.45) is 7.00. The number of ether oxygens (including phenoxy) is 2. The minimum Gasteiger partial charge on any atom is -0.472 e. The zero-order valence-corrected chi connectivity index (χ0v) is 19.9. The number of benzene rings is 1. The van der Waals surface area contributed by atoms with Crippen molar-refractivity contribution in [3.8, 4) is 17.0 Å². The Kier molecular flexibility index (Phi) is 7.11.